The number of carbonyl (C=O) groups excluding carboxylic acids is 2. The molecule has 0 aliphatic heterocycles. The Labute approximate surface area is 171 Å². The quantitative estimate of drug-likeness (QED) is 0.296. The van der Waals surface area contributed by atoms with Gasteiger partial charge in [-0.1, -0.05) is 36.4 Å². The standard InChI is InChI=1S/C21H19N3O6/c25-11-10-22-18-9-8-15(24(28)29)12-17(18)21(27)30-13-20(26)23-19-7-3-5-14-4-1-2-6-16(14)19/h1-9,12,22,25H,10-11,13H2,(H,23,26). The highest BCUT2D eigenvalue weighted by Crippen LogP contribution is 2.24. The first-order chi connectivity index (χ1) is 14.5. The lowest BCUT2D eigenvalue weighted by Gasteiger charge is -2.12. The second kappa shape index (κ2) is 9.48. The zero-order valence-electron chi connectivity index (χ0n) is 15.8. The van der Waals surface area contributed by atoms with Crippen LogP contribution in [0.1, 0.15) is 10.4 Å². The molecule has 0 saturated carbocycles. The summed E-state index contributed by atoms with van der Waals surface area (Å²) in [5.74, 6) is -1.44. The van der Waals surface area contributed by atoms with Crippen LogP contribution >= 0.6 is 0 Å². The Balaban J connectivity index is 1.70. The van der Waals surface area contributed by atoms with E-state index in [-0.39, 0.29) is 30.1 Å². The van der Waals surface area contributed by atoms with E-state index in [0.717, 1.165) is 16.8 Å². The number of amides is 1. The van der Waals surface area contributed by atoms with Crippen molar-refractivity contribution >= 4 is 39.7 Å². The van der Waals surface area contributed by atoms with Crippen molar-refractivity contribution in [3.05, 3.63) is 76.3 Å². The number of rotatable bonds is 8. The van der Waals surface area contributed by atoms with Gasteiger partial charge in [-0.05, 0) is 17.5 Å². The fourth-order valence-electron chi connectivity index (χ4n) is 2.89. The van der Waals surface area contributed by atoms with Crippen LogP contribution in [0.3, 0.4) is 0 Å². The Morgan fingerprint density at radius 3 is 2.57 bits per heavy atom. The monoisotopic (exact) mass is 409 g/mol. The van der Waals surface area contributed by atoms with Crippen LogP contribution in [0.2, 0.25) is 0 Å². The molecule has 9 heteroatoms. The van der Waals surface area contributed by atoms with Gasteiger partial charge >= 0.3 is 5.97 Å². The van der Waals surface area contributed by atoms with Crippen molar-refractivity contribution in [3.8, 4) is 0 Å². The highest BCUT2D eigenvalue weighted by Gasteiger charge is 2.19. The number of carbonyl (C=O) groups is 2. The number of hydrogen-bond donors (Lipinski definition) is 3. The predicted molar refractivity (Wildman–Crippen MR) is 112 cm³/mol. The Morgan fingerprint density at radius 2 is 1.80 bits per heavy atom. The van der Waals surface area contributed by atoms with Gasteiger partial charge in [0.25, 0.3) is 11.6 Å². The summed E-state index contributed by atoms with van der Waals surface area (Å²) in [6.45, 7) is -0.622. The lowest BCUT2D eigenvalue weighted by Crippen LogP contribution is -2.22. The van der Waals surface area contributed by atoms with Crippen molar-refractivity contribution in [2.24, 2.45) is 0 Å². The van der Waals surface area contributed by atoms with Crippen LogP contribution in [0.15, 0.2) is 60.7 Å². The summed E-state index contributed by atoms with van der Waals surface area (Å²) in [4.78, 5) is 35.1. The molecule has 0 saturated heterocycles. The minimum Gasteiger partial charge on any atom is -0.452 e. The first-order valence-corrected chi connectivity index (χ1v) is 9.07. The van der Waals surface area contributed by atoms with Crippen LogP contribution in [-0.4, -0.2) is 41.7 Å². The van der Waals surface area contributed by atoms with Gasteiger partial charge in [-0.25, -0.2) is 4.79 Å². The van der Waals surface area contributed by atoms with Crippen molar-refractivity contribution in [2.45, 2.75) is 0 Å². The maximum absolute atomic E-state index is 12.4. The van der Waals surface area contributed by atoms with E-state index in [1.165, 1.54) is 12.1 Å². The molecule has 154 valence electrons. The van der Waals surface area contributed by atoms with Crippen molar-refractivity contribution in [1.29, 1.82) is 0 Å². The average molecular weight is 409 g/mol. The zero-order chi connectivity index (χ0) is 21.5. The molecule has 0 aliphatic carbocycles. The molecule has 0 aliphatic rings. The number of aliphatic hydroxyl groups is 1. The van der Waals surface area contributed by atoms with Gasteiger partial charge in [-0.15, -0.1) is 0 Å². The van der Waals surface area contributed by atoms with E-state index in [9.17, 15) is 19.7 Å². The molecule has 0 unspecified atom stereocenters. The van der Waals surface area contributed by atoms with Gasteiger partial charge in [-0.2, -0.15) is 0 Å². The number of aliphatic hydroxyl groups excluding tert-OH is 1. The van der Waals surface area contributed by atoms with Crippen molar-refractivity contribution in [2.75, 3.05) is 30.4 Å². The van der Waals surface area contributed by atoms with Gasteiger partial charge in [0, 0.05) is 35.4 Å². The highest BCUT2D eigenvalue weighted by molar-refractivity contribution is 6.03. The topological polar surface area (TPSA) is 131 Å². The Hall–Kier alpha value is -3.98. The molecule has 0 atom stereocenters. The maximum Gasteiger partial charge on any atom is 0.341 e. The van der Waals surface area contributed by atoms with Gasteiger partial charge < -0.3 is 20.5 Å². The van der Waals surface area contributed by atoms with Gasteiger partial charge in [0.15, 0.2) is 6.61 Å². The number of benzene rings is 3. The fraction of sp³-hybridized carbons (Fsp3) is 0.143. The van der Waals surface area contributed by atoms with E-state index in [1.54, 1.807) is 12.1 Å². The molecule has 3 N–H and O–H groups in total. The number of anilines is 2. The van der Waals surface area contributed by atoms with E-state index in [1.807, 2.05) is 30.3 Å². The van der Waals surface area contributed by atoms with Crippen LogP contribution in [0.4, 0.5) is 17.1 Å². The number of fused-ring (bicyclic) bond motifs is 1. The summed E-state index contributed by atoms with van der Waals surface area (Å²) in [5, 5.41) is 27.2. The third-order valence-corrected chi connectivity index (χ3v) is 4.26. The van der Waals surface area contributed by atoms with Crippen LogP contribution in [0.25, 0.3) is 10.8 Å². The highest BCUT2D eigenvalue weighted by atomic mass is 16.6. The molecule has 3 aromatic carbocycles. The van der Waals surface area contributed by atoms with Crippen molar-refractivity contribution in [1.82, 2.24) is 0 Å². The Kier molecular flexibility index (Phi) is 6.56. The second-order valence-electron chi connectivity index (χ2n) is 6.29. The summed E-state index contributed by atoms with van der Waals surface area (Å²) in [6.07, 6.45) is 0. The molecule has 0 heterocycles. The average Bonchev–Trinajstić information content (AvgIpc) is 2.76. The summed E-state index contributed by atoms with van der Waals surface area (Å²) in [6, 6.07) is 16.6. The SMILES string of the molecule is O=C(COC(=O)c1cc([N+](=O)[O-])ccc1NCCO)Nc1cccc2ccccc12. The van der Waals surface area contributed by atoms with Crippen LogP contribution in [0.5, 0.6) is 0 Å². The Morgan fingerprint density at radius 1 is 1.03 bits per heavy atom. The molecule has 0 spiro atoms. The van der Waals surface area contributed by atoms with Crippen LogP contribution in [0, 0.1) is 10.1 Å². The number of nitro benzene ring substituents is 1. The minimum atomic E-state index is -0.896. The molecule has 0 bridgehead atoms. The number of nitrogens with zero attached hydrogens (tertiary/aromatic N) is 1. The molecule has 9 nitrogen and oxygen atoms in total. The molecule has 0 aromatic heterocycles. The number of ether oxygens (including phenoxy) is 1. The van der Waals surface area contributed by atoms with E-state index in [4.69, 9.17) is 9.84 Å². The van der Waals surface area contributed by atoms with Gasteiger partial charge in [0.05, 0.1) is 17.1 Å². The van der Waals surface area contributed by atoms with Crippen molar-refractivity contribution < 1.29 is 24.4 Å². The fourth-order valence-corrected chi connectivity index (χ4v) is 2.89. The van der Waals surface area contributed by atoms with Gasteiger partial charge in [0.2, 0.25) is 0 Å². The third kappa shape index (κ3) is 4.89. The molecular formula is C21H19N3O6. The van der Waals surface area contributed by atoms with Crippen LogP contribution < -0.4 is 10.6 Å². The molecule has 30 heavy (non-hydrogen) atoms. The number of esters is 1. The van der Waals surface area contributed by atoms with E-state index in [2.05, 4.69) is 10.6 Å². The molecular weight excluding hydrogens is 390 g/mol. The van der Waals surface area contributed by atoms with Gasteiger partial charge in [-0.3, -0.25) is 14.9 Å². The van der Waals surface area contributed by atoms with E-state index in [0.29, 0.717) is 5.69 Å². The van der Waals surface area contributed by atoms with Gasteiger partial charge in [0.1, 0.15) is 0 Å². The Bertz CT molecular complexity index is 1090. The molecule has 1 amide bonds. The number of nitrogens with one attached hydrogen (secondary N) is 2. The van der Waals surface area contributed by atoms with Crippen LogP contribution in [-0.2, 0) is 9.53 Å². The first kappa shape index (κ1) is 20.7. The van der Waals surface area contributed by atoms with Crippen molar-refractivity contribution in [3.63, 3.8) is 0 Å². The lowest BCUT2D eigenvalue weighted by atomic mass is 10.1. The molecule has 0 radical (unpaired) electrons. The molecule has 3 rings (SSSR count). The summed E-state index contributed by atoms with van der Waals surface area (Å²) >= 11 is 0. The summed E-state index contributed by atoms with van der Waals surface area (Å²) < 4.78 is 5.05. The number of nitro groups is 1. The van der Waals surface area contributed by atoms with E-state index < -0.39 is 23.4 Å². The number of hydrogen-bond acceptors (Lipinski definition) is 7. The first-order valence-electron chi connectivity index (χ1n) is 9.07. The molecule has 3 aromatic rings. The minimum absolute atomic E-state index is 0.101. The smallest absolute Gasteiger partial charge is 0.341 e. The molecule has 0 fully saturated rings. The number of non-ortho nitro benzene ring substituents is 1. The summed E-state index contributed by atoms with van der Waals surface area (Å²) in [5.41, 5.74) is 0.441. The lowest BCUT2D eigenvalue weighted by molar-refractivity contribution is -0.384. The zero-order valence-corrected chi connectivity index (χ0v) is 15.8. The van der Waals surface area contributed by atoms with E-state index >= 15 is 0 Å². The largest absolute Gasteiger partial charge is 0.452 e. The third-order valence-electron chi connectivity index (χ3n) is 4.26. The second-order valence-corrected chi connectivity index (χ2v) is 6.29. The predicted octanol–water partition coefficient (Wildman–Crippen LogP) is 2.95. The normalized spacial score (nSPS) is 10.4. The summed E-state index contributed by atoms with van der Waals surface area (Å²) in [7, 11) is 0. The maximum atomic E-state index is 12.4.